The molecule has 0 spiro atoms. The second-order valence-electron chi connectivity index (χ2n) is 4.38. The highest BCUT2D eigenvalue weighted by Gasteiger charge is 2.50. The first-order chi connectivity index (χ1) is 11.5. The highest BCUT2D eigenvalue weighted by molar-refractivity contribution is 7.88. The Kier molecular flexibility index (Phi) is 5.78. The van der Waals surface area contributed by atoms with Crippen molar-refractivity contribution in [2.75, 3.05) is 0 Å². The summed E-state index contributed by atoms with van der Waals surface area (Å²) in [6.07, 6.45) is 0.220. The maximum absolute atomic E-state index is 12.4. The molecule has 1 aromatic carbocycles. The van der Waals surface area contributed by atoms with Crippen LogP contribution in [0.5, 0.6) is 17.2 Å². The van der Waals surface area contributed by atoms with Crippen molar-refractivity contribution in [3.8, 4) is 17.2 Å². The van der Waals surface area contributed by atoms with Crippen LogP contribution < -0.4 is 8.37 Å². The Balaban J connectivity index is 3.56. The van der Waals surface area contributed by atoms with Crippen molar-refractivity contribution in [2.45, 2.75) is 17.4 Å². The van der Waals surface area contributed by atoms with Crippen LogP contribution in [0.4, 0.5) is 26.3 Å². The van der Waals surface area contributed by atoms with Crippen molar-refractivity contribution in [1.29, 1.82) is 0 Å². The van der Waals surface area contributed by atoms with Gasteiger partial charge in [0.25, 0.3) is 0 Å². The molecule has 148 valence electrons. The smallest absolute Gasteiger partial charge is 0.508 e. The number of alkyl halides is 6. The molecule has 0 radical (unpaired) electrons. The molecule has 0 aliphatic carbocycles. The third-order valence-corrected chi connectivity index (χ3v) is 4.40. The predicted octanol–water partition coefficient (Wildman–Crippen LogP) is 2.58. The Morgan fingerprint density at radius 1 is 0.923 bits per heavy atom. The van der Waals surface area contributed by atoms with E-state index in [9.17, 15) is 48.3 Å². The topological polar surface area (TPSA) is 107 Å². The van der Waals surface area contributed by atoms with Gasteiger partial charge >= 0.3 is 31.3 Å². The largest absolute Gasteiger partial charge is 0.534 e. The average molecular weight is 430 g/mol. The first-order valence-corrected chi connectivity index (χ1v) is 8.82. The third-order valence-electron chi connectivity index (χ3n) is 2.47. The van der Waals surface area contributed by atoms with Gasteiger partial charge in [0.2, 0.25) is 0 Å². The van der Waals surface area contributed by atoms with E-state index in [4.69, 9.17) is 0 Å². The number of halogens is 6. The zero-order valence-electron chi connectivity index (χ0n) is 12.1. The molecule has 7 nitrogen and oxygen atoms in total. The summed E-state index contributed by atoms with van der Waals surface area (Å²) in [5.41, 5.74) is -12.6. The minimum Gasteiger partial charge on any atom is -0.508 e. The molecule has 0 aliphatic heterocycles. The Labute approximate surface area is 142 Å². The Bertz CT molecular complexity index is 833. The standard InChI is InChI=1S/C11H8F6O7S2/c1-2-3-7-8(23-25(19,20)10(12,13)14)4-6(18)5-9(7)24-26(21,22)11(15,16)17/h2,4-5,18H,1,3H2. The van der Waals surface area contributed by atoms with Crippen LogP contribution in [0, 0.1) is 0 Å². The molecule has 0 saturated heterocycles. The zero-order chi connectivity index (χ0) is 20.6. The van der Waals surface area contributed by atoms with Gasteiger partial charge in [-0.25, -0.2) is 0 Å². The van der Waals surface area contributed by atoms with Gasteiger partial charge in [-0.1, -0.05) is 6.08 Å². The zero-order valence-corrected chi connectivity index (χ0v) is 13.8. The van der Waals surface area contributed by atoms with Crippen LogP contribution in [0.15, 0.2) is 24.8 Å². The third kappa shape index (κ3) is 4.72. The van der Waals surface area contributed by atoms with Crippen LogP contribution in [0.25, 0.3) is 0 Å². The average Bonchev–Trinajstić information content (AvgIpc) is 2.39. The van der Waals surface area contributed by atoms with Crippen LogP contribution in [0.1, 0.15) is 5.56 Å². The predicted molar refractivity (Wildman–Crippen MR) is 73.2 cm³/mol. The monoisotopic (exact) mass is 430 g/mol. The highest BCUT2D eigenvalue weighted by Crippen LogP contribution is 2.39. The van der Waals surface area contributed by atoms with Crippen LogP contribution in [0.2, 0.25) is 0 Å². The maximum Gasteiger partial charge on any atom is 0.534 e. The minimum absolute atomic E-state index is 0.315. The van der Waals surface area contributed by atoms with Gasteiger partial charge in [-0.2, -0.15) is 43.2 Å². The van der Waals surface area contributed by atoms with Crippen molar-refractivity contribution >= 4 is 20.2 Å². The molecule has 0 aromatic heterocycles. The van der Waals surface area contributed by atoms with Gasteiger partial charge in [0.05, 0.1) is 0 Å². The maximum atomic E-state index is 12.4. The van der Waals surface area contributed by atoms with E-state index in [2.05, 4.69) is 14.9 Å². The van der Waals surface area contributed by atoms with Crippen LogP contribution in [-0.2, 0) is 26.7 Å². The summed E-state index contributed by atoms with van der Waals surface area (Å²) in [5, 5.41) is 9.35. The first-order valence-electron chi connectivity index (χ1n) is 6.00. The number of aromatic hydroxyl groups is 1. The van der Waals surface area contributed by atoms with E-state index in [1.165, 1.54) is 0 Å². The number of phenols is 1. The number of allylic oxidation sites excluding steroid dienone is 1. The minimum atomic E-state index is -6.27. The van der Waals surface area contributed by atoms with Crippen molar-refractivity contribution in [3.63, 3.8) is 0 Å². The highest BCUT2D eigenvalue weighted by atomic mass is 32.2. The van der Waals surface area contributed by atoms with Gasteiger partial charge in [0, 0.05) is 17.7 Å². The molecule has 0 aliphatic rings. The van der Waals surface area contributed by atoms with Crippen LogP contribution in [-0.4, -0.2) is 33.0 Å². The van der Waals surface area contributed by atoms with E-state index in [1.54, 1.807) is 0 Å². The van der Waals surface area contributed by atoms with E-state index in [1.807, 2.05) is 0 Å². The van der Waals surface area contributed by atoms with Crippen molar-refractivity contribution in [2.24, 2.45) is 0 Å². The molecule has 1 aromatic rings. The molecule has 26 heavy (non-hydrogen) atoms. The Hall–Kier alpha value is -2.16. The summed E-state index contributed by atoms with van der Waals surface area (Å²) in [4.78, 5) is 0. The van der Waals surface area contributed by atoms with Gasteiger partial charge in [-0.15, -0.1) is 6.58 Å². The molecule has 0 fully saturated rings. The van der Waals surface area contributed by atoms with E-state index in [0.29, 0.717) is 12.1 Å². The Morgan fingerprint density at radius 3 is 1.54 bits per heavy atom. The van der Waals surface area contributed by atoms with Gasteiger partial charge < -0.3 is 13.5 Å². The molecule has 0 saturated carbocycles. The summed E-state index contributed by atoms with van der Waals surface area (Å²) >= 11 is 0. The molecular weight excluding hydrogens is 422 g/mol. The fraction of sp³-hybridized carbons (Fsp3) is 0.273. The quantitative estimate of drug-likeness (QED) is 0.320. The normalized spacial score (nSPS) is 13.3. The fourth-order valence-corrected chi connectivity index (χ4v) is 2.39. The molecule has 1 rings (SSSR count). The lowest BCUT2D eigenvalue weighted by molar-refractivity contribution is -0.0502. The molecular formula is C11H8F6O7S2. The van der Waals surface area contributed by atoms with Crippen molar-refractivity contribution < 1.29 is 56.7 Å². The van der Waals surface area contributed by atoms with Crippen LogP contribution >= 0.6 is 0 Å². The molecule has 15 heteroatoms. The number of hydrogen-bond acceptors (Lipinski definition) is 7. The molecule has 0 heterocycles. The SMILES string of the molecule is C=CCc1c(OS(=O)(=O)C(F)(F)F)cc(O)cc1OS(=O)(=O)C(F)(F)F. The summed E-state index contributed by atoms with van der Waals surface area (Å²) in [6.45, 7) is 3.13. The second-order valence-corrected chi connectivity index (χ2v) is 7.46. The summed E-state index contributed by atoms with van der Waals surface area (Å²) in [7, 11) is -12.5. The molecule has 0 atom stereocenters. The lowest BCUT2D eigenvalue weighted by Gasteiger charge is -2.17. The summed E-state index contributed by atoms with van der Waals surface area (Å²) in [6, 6.07) is 0.629. The molecule has 0 unspecified atom stereocenters. The summed E-state index contributed by atoms with van der Waals surface area (Å²) in [5.74, 6) is -3.72. The van der Waals surface area contributed by atoms with Crippen molar-refractivity contribution in [3.05, 3.63) is 30.4 Å². The number of phenolic OH excluding ortho intramolecular Hbond substituents is 1. The van der Waals surface area contributed by atoms with Crippen LogP contribution in [0.3, 0.4) is 0 Å². The number of benzene rings is 1. The van der Waals surface area contributed by atoms with E-state index in [-0.39, 0.29) is 0 Å². The van der Waals surface area contributed by atoms with Gasteiger partial charge in [0.1, 0.15) is 5.75 Å². The number of rotatable bonds is 6. The van der Waals surface area contributed by atoms with Crippen molar-refractivity contribution in [1.82, 2.24) is 0 Å². The lowest BCUT2D eigenvalue weighted by Crippen LogP contribution is -2.29. The Morgan fingerprint density at radius 2 is 1.27 bits per heavy atom. The van der Waals surface area contributed by atoms with E-state index in [0.717, 1.165) is 6.08 Å². The molecule has 0 bridgehead atoms. The fourth-order valence-electron chi connectivity index (χ4n) is 1.43. The van der Waals surface area contributed by atoms with E-state index < -0.39 is 60.5 Å². The summed E-state index contributed by atoms with van der Waals surface area (Å²) < 4.78 is 126. The first kappa shape index (κ1) is 21.9. The van der Waals surface area contributed by atoms with Gasteiger partial charge in [-0.05, 0) is 6.42 Å². The van der Waals surface area contributed by atoms with Gasteiger partial charge in [-0.3, -0.25) is 0 Å². The lowest BCUT2D eigenvalue weighted by atomic mass is 10.1. The van der Waals surface area contributed by atoms with E-state index >= 15 is 0 Å². The molecule has 0 amide bonds. The van der Waals surface area contributed by atoms with Gasteiger partial charge in [0.15, 0.2) is 11.5 Å². The number of hydrogen-bond donors (Lipinski definition) is 1. The second kappa shape index (κ2) is 6.86. The molecule has 1 N–H and O–H groups in total.